The number of benzene rings is 1. The molecule has 1 aromatic rings. The fourth-order valence-corrected chi connectivity index (χ4v) is 1.55. The molecule has 6 heteroatoms. The number of nitrogens with two attached hydrogens (primary N) is 1. The number of hydrogen-bond donors (Lipinski definition) is 1. The van der Waals surface area contributed by atoms with E-state index in [1.807, 2.05) is 0 Å². The molecule has 0 amide bonds. The Balaban J connectivity index is 0.00000144. The number of primary sulfonamides is 1. The molecule has 0 saturated carbocycles. The van der Waals surface area contributed by atoms with E-state index in [0.29, 0.717) is 6.29 Å². The summed E-state index contributed by atoms with van der Waals surface area (Å²) in [5, 5.41) is 4.85. The summed E-state index contributed by atoms with van der Waals surface area (Å²) in [4.78, 5) is 10.2. The molecular weight excluding hydrogens is 201 g/mol. The molecule has 0 aliphatic carbocycles. The Kier molecular flexibility index (Phi) is 4.80. The fraction of sp³-hybridized carbons (Fsp3) is 0. The Labute approximate surface area is 98.5 Å². The third-order valence-corrected chi connectivity index (χ3v) is 2.34. The summed E-state index contributed by atoms with van der Waals surface area (Å²) >= 11 is 0. The standard InChI is InChI=1S/C7H7NO3S.Na.H/c8-12(10,11)7-4-2-1-3-6(7)5-9;;/h1-5H,(H2,8,10,11);;. The fourth-order valence-electron chi connectivity index (χ4n) is 0.837. The van der Waals surface area contributed by atoms with Gasteiger partial charge in [-0.1, -0.05) is 18.2 Å². The van der Waals surface area contributed by atoms with Crippen molar-refractivity contribution in [3.8, 4) is 0 Å². The van der Waals surface area contributed by atoms with Crippen LogP contribution in [0.3, 0.4) is 0 Å². The van der Waals surface area contributed by atoms with Crippen molar-refractivity contribution < 1.29 is 13.2 Å². The molecule has 0 saturated heterocycles. The van der Waals surface area contributed by atoms with E-state index in [4.69, 9.17) is 5.14 Å². The quantitative estimate of drug-likeness (QED) is 0.526. The third-order valence-electron chi connectivity index (χ3n) is 1.35. The van der Waals surface area contributed by atoms with Gasteiger partial charge in [-0.2, -0.15) is 0 Å². The van der Waals surface area contributed by atoms with Crippen LogP contribution in [0.15, 0.2) is 29.2 Å². The summed E-state index contributed by atoms with van der Waals surface area (Å²) in [6, 6.07) is 5.76. The first-order chi connectivity index (χ1) is 5.55. The summed E-state index contributed by atoms with van der Waals surface area (Å²) in [5.74, 6) is 0. The minimum absolute atomic E-state index is 0. The van der Waals surface area contributed by atoms with Gasteiger partial charge in [0.1, 0.15) is 0 Å². The third kappa shape index (κ3) is 3.21. The summed E-state index contributed by atoms with van der Waals surface area (Å²) in [5.41, 5.74) is 0.0833. The number of sulfonamides is 1. The molecule has 0 atom stereocenters. The monoisotopic (exact) mass is 209 g/mol. The van der Waals surface area contributed by atoms with Gasteiger partial charge >= 0.3 is 29.6 Å². The molecule has 0 unspecified atom stereocenters. The molecule has 0 aromatic heterocycles. The van der Waals surface area contributed by atoms with E-state index in [1.54, 1.807) is 6.07 Å². The van der Waals surface area contributed by atoms with E-state index in [1.165, 1.54) is 18.2 Å². The van der Waals surface area contributed by atoms with Crippen LogP contribution in [0, 0.1) is 0 Å². The first kappa shape index (κ1) is 12.8. The van der Waals surface area contributed by atoms with E-state index in [-0.39, 0.29) is 40.0 Å². The Morgan fingerprint density at radius 3 is 2.15 bits per heavy atom. The van der Waals surface area contributed by atoms with Gasteiger partial charge in [0.2, 0.25) is 10.0 Å². The van der Waals surface area contributed by atoms with E-state index in [9.17, 15) is 13.2 Å². The number of carbonyl (C=O) groups excluding carboxylic acids is 1. The number of aldehydes is 1. The molecule has 0 radical (unpaired) electrons. The maximum atomic E-state index is 10.8. The number of rotatable bonds is 2. The Morgan fingerprint density at radius 1 is 1.23 bits per heavy atom. The van der Waals surface area contributed by atoms with E-state index in [0.717, 1.165) is 0 Å². The first-order valence-corrected chi connectivity index (χ1v) is 4.67. The summed E-state index contributed by atoms with van der Waals surface area (Å²) in [6.07, 6.45) is 0.458. The zero-order valence-electron chi connectivity index (χ0n) is 6.10. The summed E-state index contributed by atoms with van der Waals surface area (Å²) < 4.78 is 21.7. The summed E-state index contributed by atoms with van der Waals surface area (Å²) in [6.45, 7) is 0. The second-order valence-electron chi connectivity index (χ2n) is 2.20. The Hall–Kier alpha value is -0.200. The molecule has 0 fully saturated rings. The van der Waals surface area contributed by atoms with Gasteiger partial charge in [-0.05, 0) is 6.07 Å². The molecule has 2 N–H and O–H groups in total. The van der Waals surface area contributed by atoms with Crippen molar-refractivity contribution in [2.75, 3.05) is 0 Å². The Morgan fingerprint density at radius 2 is 1.77 bits per heavy atom. The van der Waals surface area contributed by atoms with Crippen LogP contribution in [-0.4, -0.2) is 44.3 Å². The number of hydrogen-bond acceptors (Lipinski definition) is 3. The van der Waals surface area contributed by atoms with Crippen molar-refractivity contribution in [1.29, 1.82) is 0 Å². The average molecular weight is 209 g/mol. The zero-order valence-corrected chi connectivity index (χ0v) is 6.91. The predicted molar refractivity (Wildman–Crippen MR) is 50.4 cm³/mol. The molecule has 13 heavy (non-hydrogen) atoms. The average Bonchev–Trinajstić information content (AvgIpc) is 2.03. The molecule has 0 heterocycles. The molecule has 0 spiro atoms. The van der Waals surface area contributed by atoms with Gasteiger partial charge in [-0.15, -0.1) is 0 Å². The van der Waals surface area contributed by atoms with Crippen LogP contribution in [0.5, 0.6) is 0 Å². The van der Waals surface area contributed by atoms with Crippen molar-refractivity contribution in [2.24, 2.45) is 5.14 Å². The van der Waals surface area contributed by atoms with Crippen LogP contribution in [0.2, 0.25) is 0 Å². The van der Waals surface area contributed by atoms with Gasteiger partial charge in [-0.25, -0.2) is 13.6 Å². The number of carbonyl (C=O) groups is 1. The molecule has 66 valence electrons. The van der Waals surface area contributed by atoms with Crippen molar-refractivity contribution in [2.45, 2.75) is 4.90 Å². The van der Waals surface area contributed by atoms with Gasteiger partial charge in [0.15, 0.2) is 6.29 Å². The Bertz CT molecular complexity index is 402. The van der Waals surface area contributed by atoms with E-state index < -0.39 is 10.0 Å². The topological polar surface area (TPSA) is 77.2 Å². The van der Waals surface area contributed by atoms with Crippen LogP contribution in [0.1, 0.15) is 10.4 Å². The van der Waals surface area contributed by atoms with Gasteiger partial charge < -0.3 is 0 Å². The summed E-state index contributed by atoms with van der Waals surface area (Å²) in [7, 11) is -3.78. The van der Waals surface area contributed by atoms with Gasteiger partial charge in [0.25, 0.3) is 0 Å². The minimum atomic E-state index is -3.78. The van der Waals surface area contributed by atoms with Crippen molar-refractivity contribution in [3.05, 3.63) is 29.8 Å². The normalized spacial score (nSPS) is 10.2. The second-order valence-corrected chi connectivity index (χ2v) is 3.73. The van der Waals surface area contributed by atoms with Crippen LogP contribution in [0.4, 0.5) is 0 Å². The van der Waals surface area contributed by atoms with Gasteiger partial charge in [0.05, 0.1) is 4.90 Å². The predicted octanol–water partition coefficient (Wildman–Crippen LogP) is -0.502. The second kappa shape index (κ2) is 4.88. The molecule has 1 aromatic carbocycles. The van der Waals surface area contributed by atoms with Gasteiger partial charge in [0, 0.05) is 5.56 Å². The van der Waals surface area contributed by atoms with E-state index in [2.05, 4.69) is 0 Å². The molecule has 4 nitrogen and oxygen atoms in total. The van der Waals surface area contributed by atoms with Crippen LogP contribution >= 0.6 is 0 Å². The maximum absolute atomic E-state index is 10.8. The van der Waals surface area contributed by atoms with Crippen molar-refractivity contribution >= 4 is 45.9 Å². The molecule has 0 aliphatic rings. The van der Waals surface area contributed by atoms with Crippen LogP contribution in [0.25, 0.3) is 0 Å². The molecular formula is C7H8NNaO3S. The van der Waals surface area contributed by atoms with E-state index >= 15 is 0 Å². The van der Waals surface area contributed by atoms with Crippen molar-refractivity contribution in [3.63, 3.8) is 0 Å². The van der Waals surface area contributed by atoms with Crippen LogP contribution in [-0.2, 0) is 10.0 Å². The van der Waals surface area contributed by atoms with Crippen molar-refractivity contribution in [1.82, 2.24) is 0 Å². The molecule has 0 aliphatic heterocycles. The molecule has 0 bridgehead atoms. The van der Waals surface area contributed by atoms with Gasteiger partial charge in [-0.3, -0.25) is 4.79 Å². The SMILES string of the molecule is NS(=O)(=O)c1ccccc1C=O.[NaH]. The van der Waals surface area contributed by atoms with Crippen LogP contribution < -0.4 is 5.14 Å². The zero-order chi connectivity index (χ0) is 9.19. The first-order valence-electron chi connectivity index (χ1n) is 3.12. The molecule has 1 rings (SSSR count).